The molecule has 3 heterocycles. The van der Waals surface area contributed by atoms with Crippen LogP contribution in [0.1, 0.15) is 60.9 Å². The zero-order valence-corrected chi connectivity index (χ0v) is 24.0. The summed E-state index contributed by atoms with van der Waals surface area (Å²) in [6.45, 7) is 8.25. The molecule has 1 amide bonds. The molecule has 1 aliphatic rings. The van der Waals surface area contributed by atoms with Crippen molar-refractivity contribution in [2.45, 2.75) is 65.7 Å². The third-order valence-corrected chi connectivity index (χ3v) is 8.26. The summed E-state index contributed by atoms with van der Waals surface area (Å²) >= 11 is 0. The Hall–Kier alpha value is -3.54. The highest BCUT2D eigenvalue weighted by atomic mass is 32.2. The molecule has 0 radical (unpaired) electrons. The lowest BCUT2D eigenvalue weighted by atomic mass is 10.1. The zero-order valence-electron chi connectivity index (χ0n) is 23.2. The molecule has 0 aliphatic carbocycles. The molecule has 12 heteroatoms. The van der Waals surface area contributed by atoms with Gasteiger partial charge in [-0.3, -0.25) is 9.20 Å². The molecule has 1 atom stereocenters. The highest BCUT2D eigenvalue weighted by Crippen LogP contribution is 2.28. The third-order valence-electron chi connectivity index (χ3n) is 6.56. The quantitative estimate of drug-likeness (QED) is 0.371. The van der Waals surface area contributed by atoms with Crippen molar-refractivity contribution in [2.75, 3.05) is 18.1 Å². The van der Waals surface area contributed by atoms with E-state index in [2.05, 4.69) is 4.98 Å². The lowest BCUT2D eigenvalue weighted by Gasteiger charge is -2.36. The summed E-state index contributed by atoms with van der Waals surface area (Å²) < 4.78 is 65.7. The second-order valence-electron chi connectivity index (χ2n) is 11.0. The van der Waals surface area contributed by atoms with E-state index in [0.29, 0.717) is 11.3 Å². The summed E-state index contributed by atoms with van der Waals surface area (Å²) in [6, 6.07) is 4.51. The Morgan fingerprint density at radius 1 is 1.15 bits per heavy atom. The van der Waals surface area contributed by atoms with Gasteiger partial charge in [0, 0.05) is 25.2 Å². The first-order valence-corrected chi connectivity index (χ1v) is 14.8. The first kappa shape index (κ1) is 29.4. The van der Waals surface area contributed by atoms with Gasteiger partial charge in [0.05, 0.1) is 22.8 Å². The molecule has 1 saturated heterocycles. The molecule has 3 aromatic rings. The van der Waals surface area contributed by atoms with Crippen molar-refractivity contribution in [1.82, 2.24) is 14.3 Å². The van der Waals surface area contributed by atoms with Crippen LogP contribution >= 0.6 is 0 Å². The summed E-state index contributed by atoms with van der Waals surface area (Å²) in [4.78, 5) is 32.1. The lowest BCUT2D eigenvalue weighted by Crippen LogP contribution is -2.52. The first-order chi connectivity index (χ1) is 18.6. The number of fused-ring (bicyclic) bond motifs is 1. The van der Waals surface area contributed by atoms with E-state index in [1.54, 1.807) is 51.3 Å². The number of carbonyl (C=O) groups excluding carboxylic acids is 2. The van der Waals surface area contributed by atoms with Crippen LogP contribution in [0.3, 0.4) is 0 Å². The van der Waals surface area contributed by atoms with E-state index in [-0.39, 0.29) is 60.3 Å². The van der Waals surface area contributed by atoms with Crippen molar-refractivity contribution in [2.24, 2.45) is 0 Å². The molecule has 9 nitrogen and oxygen atoms in total. The summed E-state index contributed by atoms with van der Waals surface area (Å²) in [5.41, 5.74) is 0.743. The summed E-state index contributed by atoms with van der Waals surface area (Å²) in [6.07, 6.45) is 1.16. The number of amides is 1. The third kappa shape index (κ3) is 6.60. The maximum atomic E-state index is 14.1. The van der Waals surface area contributed by atoms with Crippen molar-refractivity contribution in [3.05, 3.63) is 64.6 Å². The Morgan fingerprint density at radius 2 is 1.82 bits per heavy atom. The smallest absolute Gasteiger partial charge is 0.410 e. The fourth-order valence-electron chi connectivity index (χ4n) is 4.72. The molecule has 0 N–H and O–H groups in total. The number of imidazole rings is 1. The number of ketones is 1. The van der Waals surface area contributed by atoms with E-state index in [0.717, 1.165) is 17.7 Å². The molecule has 216 valence electrons. The second-order valence-corrected chi connectivity index (χ2v) is 13.2. The van der Waals surface area contributed by atoms with E-state index in [1.807, 2.05) is 0 Å². The maximum absolute atomic E-state index is 14.1. The van der Waals surface area contributed by atoms with Crippen LogP contribution in [0.25, 0.3) is 5.65 Å². The molecule has 4 rings (SSSR count). The molecular weight excluding hydrogens is 544 g/mol. The highest BCUT2D eigenvalue weighted by Gasteiger charge is 2.36. The Bertz CT molecular complexity index is 1540. The van der Waals surface area contributed by atoms with Crippen LogP contribution in [-0.4, -0.2) is 64.3 Å². The summed E-state index contributed by atoms with van der Waals surface area (Å²) in [7, 11) is -3.38. The number of nitrogens with zero attached hydrogens (tertiary/aromatic N) is 3. The van der Waals surface area contributed by atoms with E-state index in [4.69, 9.17) is 9.47 Å². The topological polar surface area (TPSA) is 107 Å². The van der Waals surface area contributed by atoms with Crippen molar-refractivity contribution < 1.29 is 36.3 Å². The number of hydrogen-bond donors (Lipinski definition) is 0. The van der Waals surface area contributed by atoms with E-state index in [1.165, 1.54) is 11.0 Å². The Kier molecular flexibility index (Phi) is 8.21. The van der Waals surface area contributed by atoms with Crippen molar-refractivity contribution in [3.8, 4) is 5.75 Å². The normalized spacial score (nSPS) is 17.2. The standard InChI is InChI=1S/C28H33F2N3O6S/c1-17-13-24(38-15-20-21(29)7-6-8-22(20)30)26-31-18(2)25(33(26)14-17)23(34)10-9-19-16-40(36,37)12-11-32(19)27(35)39-28(3,4)5/h6-8,13-14,19H,9-12,15-16H2,1-5H3. The van der Waals surface area contributed by atoms with Gasteiger partial charge in [-0.1, -0.05) is 6.07 Å². The molecule has 2 aromatic heterocycles. The Labute approximate surface area is 232 Å². The maximum Gasteiger partial charge on any atom is 0.410 e. The Balaban J connectivity index is 1.56. The van der Waals surface area contributed by atoms with Gasteiger partial charge in [0.15, 0.2) is 27.0 Å². The number of aromatic nitrogens is 2. The number of pyridine rings is 1. The average molecular weight is 578 g/mol. The van der Waals surface area contributed by atoms with Crippen LogP contribution in [0.15, 0.2) is 30.5 Å². The fraction of sp³-hybridized carbons (Fsp3) is 0.464. The van der Waals surface area contributed by atoms with Gasteiger partial charge in [0.2, 0.25) is 0 Å². The van der Waals surface area contributed by atoms with Crippen LogP contribution in [0.4, 0.5) is 13.6 Å². The molecule has 1 unspecified atom stereocenters. The molecule has 0 bridgehead atoms. The largest absolute Gasteiger partial charge is 0.485 e. The first-order valence-electron chi connectivity index (χ1n) is 12.9. The van der Waals surface area contributed by atoms with E-state index < -0.39 is 39.2 Å². The van der Waals surface area contributed by atoms with Crippen molar-refractivity contribution >= 4 is 27.4 Å². The van der Waals surface area contributed by atoms with Crippen LogP contribution < -0.4 is 4.74 Å². The number of hydrogen-bond acceptors (Lipinski definition) is 7. The van der Waals surface area contributed by atoms with Gasteiger partial charge in [-0.05, 0) is 64.8 Å². The predicted molar refractivity (Wildman–Crippen MR) is 144 cm³/mol. The highest BCUT2D eigenvalue weighted by molar-refractivity contribution is 7.91. The van der Waals surface area contributed by atoms with E-state index in [9.17, 15) is 26.8 Å². The van der Waals surface area contributed by atoms with Gasteiger partial charge in [0.25, 0.3) is 0 Å². The number of benzene rings is 1. The van der Waals surface area contributed by atoms with Gasteiger partial charge in [0.1, 0.15) is 29.5 Å². The minimum atomic E-state index is -3.38. The second kappa shape index (κ2) is 11.1. The van der Waals surface area contributed by atoms with Crippen LogP contribution in [0.5, 0.6) is 5.75 Å². The van der Waals surface area contributed by atoms with E-state index >= 15 is 0 Å². The number of Topliss-reactive ketones (excluding diaryl/α,β-unsaturated/α-hetero) is 1. The van der Waals surface area contributed by atoms with Gasteiger partial charge in [-0.25, -0.2) is 27.0 Å². The van der Waals surface area contributed by atoms with Crippen LogP contribution in [0.2, 0.25) is 0 Å². The number of aryl methyl sites for hydroxylation is 2. The molecule has 40 heavy (non-hydrogen) atoms. The van der Waals surface area contributed by atoms with Gasteiger partial charge in [-0.15, -0.1) is 0 Å². The fourth-order valence-corrected chi connectivity index (χ4v) is 6.30. The lowest BCUT2D eigenvalue weighted by molar-refractivity contribution is 0.0174. The molecule has 0 spiro atoms. The zero-order chi connectivity index (χ0) is 29.4. The minimum absolute atomic E-state index is 0.00671. The van der Waals surface area contributed by atoms with Crippen molar-refractivity contribution in [1.29, 1.82) is 0 Å². The van der Waals surface area contributed by atoms with Crippen LogP contribution in [0, 0.1) is 25.5 Å². The number of sulfone groups is 1. The Morgan fingerprint density at radius 3 is 2.48 bits per heavy atom. The molecule has 0 saturated carbocycles. The van der Waals surface area contributed by atoms with Crippen molar-refractivity contribution in [3.63, 3.8) is 0 Å². The van der Waals surface area contributed by atoms with Crippen LogP contribution in [-0.2, 0) is 21.2 Å². The van der Waals surface area contributed by atoms with Gasteiger partial charge < -0.3 is 14.4 Å². The van der Waals surface area contributed by atoms with Gasteiger partial charge >= 0.3 is 6.09 Å². The molecule has 1 fully saturated rings. The monoisotopic (exact) mass is 577 g/mol. The minimum Gasteiger partial charge on any atom is -0.485 e. The van der Waals surface area contributed by atoms with Gasteiger partial charge in [-0.2, -0.15) is 0 Å². The SMILES string of the molecule is Cc1cc(OCc2c(F)cccc2F)c2nc(C)c(C(=O)CCC3CS(=O)(=O)CCN3C(=O)OC(C)(C)C)n2c1. The number of rotatable bonds is 7. The predicted octanol–water partition coefficient (Wildman–Crippen LogP) is 4.81. The molecular formula is C28H33F2N3O6S. The number of halogens is 2. The average Bonchev–Trinajstić information content (AvgIpc) is 3.16. The summed E-state index contributed by atoms with van der Waals surface area (Å²) in [5, 5.41) is 0. The molecule has 1 aliphatic heterocycles. The number of carbonyl (C=O) groups is 2. The number of ether oxygens (including phenoxy) is 2. The summed E-state index contributed by atoms with van der Waals surface area (Å²) in [5.74, 6) is -1.93. The molecule has 1 aromatic carbocycles.